The van der Waals surface area contributed by atoms with E-state index in [4.69, 9.17) is 0 Å². The highest BCUT2D eigenvalue weighted by Gasteiger charge is 2.31. The molecule has 1 unspecified atom stereocenters. The van der Waals surface area contributed by atoms with Crippen molar-refractivity contribution in [1.82, 2.24) is 4.98 Å². The third kappa shape index (κ3) is 5.06. The molecule has 0 spiro atoms. The molecule has 31 heavy (non-hydrogen) atoms. The molecule has 0 saturated carbocycles. The van der Waals surface area contributed by atoms with Gasteiger partial charge < -0.3 is 14.8 Å². The first kappa shape index (κ1) is 20.9. The first-order chi connectivity index (χ1) is 14.8. The Hall–Kier alpha value is -3.32. The molecule has 4 rings (SSSR count). The summed E-state index contributed by atoms with van der Waals surface area (Å²) in [5, 5.41) is 12.4. The molecular formula is C24H20F3NO3. The van der Waals surface area contributed by atoms with Gasteiger partial charge in [-0.25, -0.2) is 4.79 Å². The van der Waals surface area contributed by atoms with Gasteiger partial charge in [0.15, 0.2) is 6.10 Å². The Balaban J connectivity index is 1.54. The highest BCUT2D eigenvalue weighted by atomic mass is 19.4. The van der Waals surface area contributed by atoms with Crippen LogP contribution in [0.25, 0.3) is 21.7 Å². The van der Waals surface area contributed by atoms with Crippen molar-refractivity contribution < 1.29 is 27.8 Å². The van der Waals surface area contributed by atoms with Crippen LogP contribution in [0.5, 0.6) is 0 Å². The summed E-state index contributed by atoms with van der Waals surface area (Å²) in [6.07, 6.45) is -5.59. The van der Waals surface area contributed by atoms with Gasteiger partial charge in [0.1, 0.15) is 6.61 Å². The molecule has 0 aliphatic carbocycles. The molecule has 0 aliphatic rings. The molecule has 2 N–H and O–H groups in total. The van der Waals surface area contributed by atoms with Gasteiger partial charge in [0.25, 0.3) is 0 Å². The summed E-state index contributed by atoms with van der Waals surface area (Å²) in [5.74, 6) is -1.42. The number of carbonyl (C=O) groups is 1. The molecule has 1 aromatic heterocycles. The maximum atomic E-state index is 12.4. The minimum absolute atomic E-state index is 0.148. The number of hydrogen-bond acceptors (Lipinski definition) is 2. The quantitative estimate of drug-likeness (QED) is 0.410. The van der Waals surface area contributed by atoms with Crippen LogP contribution in [0, 0.1) is 0 Å². The van der Waals surface area contributed by atoms with Gasteiger partial charge >= 0.3 is 12.1 Å². The average molecular weight is 427 g/mol. The predicted molar refractivity (Wildman–Crippen MR) is 112 cm³/mol. The number of aromatic amines is 1. The lowest BCUT2D eigenvalue weighted by Crippen LogP contribution is -2.31. The van der Waals surface area contributed by atoms with Crippen molar-refractivity contribution in [2.75, 3.05) is 6.61 Å². The van der Waals surface area contributed by atoms with Gasteiger partial charge in [-0.3, -0.25) is 0 Å². The Morgan fingerprint density at radius 2 is 1.77 bits per heavy atom. The molecule has 0 radical (unpaired) electrons. The second-order valence-electron chi connectivity index (χ2n) is 7.49. The third-order valence-electron chi connectivity index (χ3n) is 5.15. The first-order valence-corrected chi connectivity index (χ1v) is 9.77. The number of benzene rings is 3. The van der Waals surface area contributed by atoms with Crippen LogP contribution in [0.3, 0.4) is 0 Å². The van der Waals surface area contributed by atoms with E-state index >= 15 is 0 Å². The molecule has 0 fully saturated rings. The van der Waals surface area contributed by atoms with E-state index in [1.807, 2.05) is 24.3 Å². The van der Waals surface area contributed by atoms with Crippen LogP contribution in [-0.4, -0.2) is 34.9 Å². The number of ether oxygens (including phenoxy) is 1. The zero-order valence-corrected chi connectivity index (χ0v) is 16.4. The molecule has 1 atom stereocenters. The molecule has 0 amide bonds. The van der Waals surface area contributed by atoms with Gasteiger partial charge in [-0.05, 0) is 45.5 Å². The van der Waals surface area contributed by atoms with E-state index in [2.05, 4.69) is 34.0 Å². The van der Waals surface area contributed by atoms with Crippen LogP contribution in [0.1, 0.15) is 16.8 Å². The van der Waals surface area contributed by atoms with Crippen molar-refractivity contribution in [3.05, 3.63) is 83.6 Å². The zero-order valence-electron chi connectivity index (χ0n) is 16.4. The molecule has 1 heterocycles. The summed E-state index contributed by atoms with van der Waals surface area (Å²) in [5.41, 5.74) is 3.64. The summed E-state index contributed by atoms with van der Waals surface area (Å²) in [6.45, 7) is -1.59. The fourth-order valence-corrected chi connectivity index (χ4v) is 3.74. The van der Waals surface area contributed by atoms with Crippen molar-refractivity contribution in [2.24, 2.45) is 0 Å². The molecular weight excluding hydrogens is 407 g/mol. The Morgan fingerprint density at radius 1 is 1.00 bits per heavy atom. The van der Waals surface area contributed by atoms with E-state index in [1.54, 1.807) is 18.2 Å². The van der Waals surface area contributed by atoms with Gasteiger partial charge in [-0.1, -0.05) is 48.5 Å². The number of rotatable bonds is 7. The Bertz CT molecular complexity index is 1220. The highest BCUT2D eigenvalue weighted by Crippen LogP contribution is 2.25. The van der Waals surface area contributed by atoms with Crippen LogP contribution >= 0.6 is 0 Å². The van der Waals surface area contributed by atoms with Crippen LogP contribution in [0.2, 0.25) is 0 Å². The van der Waals surface area contributed by atoms with Crippen molar-refractivity contribution in [3.8, 4) is 0 Å². The van der Waals surface area contributed by atoms with Crippen molar-refractivity contribution in [3.63, 3.8) is 0 Å². The van der Waals surface area contributed by atoms with Crippen molar-refractivity contribution in [1.29, 1.82) is 0 Å². The minimum atomic E-state index is -4.57. The number of alkyl halides is 3. The van der Waals surface area contributed by atoms with Crippen molar-refractivity contribution in [2.45, 2.75) is 25.1 Å². The number of hydrogen-bond donors (Lipinski definition) is 2. The minimum Gasteiger partial charge on any atom is -0.479 e. The van der Waals surface area contributed by atoms with E-state index in [9.17, 15) is 23.1 Å². The molecule has 0 aliphatic heterocycles. The normalized spacial score (nSPS) is 13.0. The molecule has 160 valence electrons. The monoisotopic (exact) mass is 427 g/mol. The van der Waals surface area contributed by atoms with Crippen LogP contribution in [0.15, 0.2) is 66.7 Å². The van der Waals surface area contributed by atoms with Crippen LogP contribution < -0.4 is 0 Å². The van der Waals surface area contributed by atoms with Gasteiger partial charge in [-0.2, -0.15) is 13.2 Å². The molecule has 4 nitrogen and oxygen atoms in total. The number of H-pyrrole nitrogens is 1. The average Bonchev–Trinajstić information content (AvgIpc) is 3.12. The first-order valence-electron chi connectivity index (χ1n) is 9.77. The predicted octanol–water partition coefficient (Wildman–Crippen LogP) is 5.49. The van der Waals surface area contributed by atoms with Gasteiger partial charge in [-0.15, -0.1) is 0 Å². The number of nitrogens with one attached hydrogen (secondary N) is 1. The summed E-state index contributed by atoms with van der Waals surface area (Å²) >= 11 is 0. The Labute approximate surface area is 176 Å². The fraction of sp³-hybridized carbons (Fsp3) is 0.208. The van der Waals surface area contributed by atoms with E-state index in [1.165, 1.54) is 10.9 Å². The Morgan fingerprint density at radius 3 is 2.55 bits per heavy atom. The molecule has 7 heteroatoms. The Kier molecular flexibility index (Phi) is 5.69. The molecule has 0 bridgehead atoms. The van der Waals surface area contributed by atoms with Crippen LogP contribution in [-0.2, 0) is 22.4 Å². The summed E-state index contributed by atoms with van der Waals surface area (Å²) in [6, 6.07) is 21.6. The van der Waals surface area contributed by atoms with E-state index < -0.39 is 24.9 Å². The standard InChI is InChI=1S/C24H20F3NO3/c25-24(26,27)14-31-22(23(29)30)11-15-8-9-21-18(10-15)13-19(28-21)12-17-6-3-5-16-4-1-2-7-20(16)17/h1-10,13,22,28H,11-12,14H2,(H,29,30). The van der Waals surface area contributed by atoms with Crippen LogP contribution in [0.4, 0.5) is 13.2 Å². The number of fused-ring (bicyclic) bond motifs is 2. The number of aliphatic carboxylic acids is 1. The topological polar surface area (TPSA) is 62.3 Å². The SMILES string of the molecule is O=C(O)C(Cc1ccc2[nH]c(Cc3cccc4ccccc34)cc2c1)OCC(F)(F)F. The highest BCUT2D eigenvalue weighted by molar-refractivity contribution is 5.86. The van der Waals surface area contributed by atoms with Crippen molar-refractivity contribution >= 4 is 27.6 Å². The lowest BCUT2D eigenvalue weighted by molar-refractivity contribution is -0.192. The molecule has 3 aromatic carbocycles. The fourth-order valence-electron chi connectivity index (χ4n) is 3.74. The maximum absolute atomic E-state index is 12.4. The summed E-state index contributed by atoms with van der Waals surface area (Å²) in [4.78, 5) is 14.7. The number of carboxylic acid groups (broad SMARTS) is 1. The largest absolute Gasteiger partial charge is 0.479 e. The third-order valence-corrected chi connectivity index (χ3v) is 5.15. The molecule has 0 saturated heterocycles. The second kappa shape index (κ2) is 8.43. The summed E-state index contributed by atoms with van der Waals surface area (Å²) < 4.78 is 41.7. The van der Waals surface area contributed by atoms with Gasteiger partial charge in [0, 0.05) is 24.1 Å². The number of aromatic nitrogens is 1. The van der Waals surface area contributed by atoms with Gasteiger partial charge in [0.2, 0.25) is 0 Å². The van der Waals surface area contributed by atoms with E-state index in [0.717, 1.165) is 22.0 Å². The smallest absolute Gasteiger partial charge is 0.411 e. The zero-order chi connectivity index (χ0) is 22.0. The van der Waals surface area contributed by atoms with E-state index in [0.29, 0.717) is 12.0 Å². The lowest BCUT2D eigenvalue weighted by Gasteiger charge is -2.15. The number of halogens is 3. The second-order valence-corrected chi connectivity index (χ2v) is 7.49. The number of carboxylic acids is 1. The summed E-state index contributed by atoms with van der Waals surface area (Å²) in [7, 11) is 0. The maximum Gasteiger partial charge on any atom is 0.411 e. The molecule has 4 aromatic rings. The van der Waals surface area contributed by atoms with Gasteiger partial charge in [0.05, 0.1) is 0 Å². The van der Waals surface area contributed by atoms with E-state index in [-0.39, 0.29) is 6.42 Å². The lowest BCUT2D eigenvalue weighted by atomic mass is 10.0.